The van der Waals surface area contributed by atoms with Gasteiger partial charge in [0, 0.05) is 24.7 Å². The zero-order valence-corrected chi connectivity index (χ0v) is 17.5. The molecule has 0 amide bonds. The maximum absolute atomic E-state index is 9.47. The number of fused-ring (bicyclic) bond motifs is 2. The third-order valence-corrected chi connectivity index (χ3v) is 6.61. The summed E-state index contributed by atoms with van der Waals surface area (Å²) < 4.78 is 5.39. The summed E-state index contributed by atoms with van der Waals surface area (Å²) in [6.45, 7) is 1.36. The molecule has 30 heavy (non-hydrogen) atoms. The Kier molecular flexibility index (Phi) is 6.34. The van der Waals surface area contributed by atoms with Gasteiger partial charge < -0.3 is 21.1 Å². The number of ether oxygens (including phenoxy) is 1. The van der Waals surface area contributed by atoms with Gasteiger partial charge in [-0.05, 0) is 49.5 Å². The second kappa shape index (κ2) is 9.31. The number of nitriles is 1. The molecule has 2 bridgehead atoms. The van der Waals surface area contributed by atoms with Crippen LogP contribution in [-0.4, -0.2) is 29.7 Å². The quantitative estimate of drug-likeness (QED) is 0.645. The average molecular weight is 407 g/mol. The summed E-state index contributed by atoms with van der Waals surface area (Å²) in [5.41, 5.74) is 7.90. The van der Waals surface area contributed by atoms with Crippen molar-refractivity contribution in [3.05, 3.63) is 41.6 Å². The van der Waals surface area contributed by atoms with Crippen molar-refractivity contribution in [1.29, 1.82) is 5.26 Å². The zero-order valence-electron chi connectivity index (χ0n) is 17.5. The van der Waals surface area contributed by atoms with Gasteiger partial charge in [0.25, 0.3) is 0 Å². The maximum Gasteiger partial charge on any atom is 0.224 e. The Morgan fingerprint density at radius 1 is 1.20 bits per heavy atom. The fraction of sp³-hybridized carbons (Fsp3) is 0.522. The Hall–Kier alpha value is -2.85. The van der Waals surface area contributed by atoms with E-state index < -0.39 is 0 Å². The summed E-state index contributed by atoms with van der Waals surface area (Å²) in [6.07, 6.45) is 7.72. The van der Waals surface area contributed by atoms with Gasteiger partial charge in [-0.2, -0.15) is 10.2 Å². The molecule has 4 N–H and O–H groups in total. The molecular weight excluding hydrogens is 376 g/mol. The summed E-state index contributed by atoms with van der Waals surface area (Å²) in [5.74, 6) is 3.76. The molecule has 7 nitrogen and oxygen atoms in total. The van der Waals surface area contributed by atoms with Crippen LogP contribution in [0.5, 0.6) is 5.75 Å². The Morgan fingerprint density at radius 3 is 2.70 bits per heavy atom. The van der Waals surface area contributed by atoms with Crippen molar-refractivity contribution in [2.75, 3.05) is 24.3 Å². The lowest BCUT2D eigenvalue weighted by Crippen LogP contribution is -2.47. The molecule has 158 valence electrons. The first kappa shape index (κ1) is 20.4. The number of anilines is 2. The molecule has 4 atom stereocenters. The van der Waals surface area contributed by atoms with Crippen LogP contribution < -0.4 is 21.1 Å². The van der Waals surface area contributed by atoms with Gasteiger partial charge in [-0.25, -0.2) is 4.98 Å². The second-order valence-corrected chi connectivity index (χ2v) is 8.48. The van der Waals surface area contributed by atoms with E-state index in [9.17, 15) is 5.26 Å². The predicted molar refractivity (Wildman–Crippen MR) is 117 cm³/mol. The number of nitrogens with two attached hydrogens (primary N) is 1. The molecule has 2 saturated carbocycles. The average Bonchev–Trinajstić information content (AvgIpc) is 2.76. The van der Waals surface area contributed by atoms with Crippen LogP contribution in [0.4, 0.5) is 11.8 Å². The molecule has 0 saturated heterocycles. The number of hydrogen-bond donors (Lipinski definition) is 3. The van der Waals surface area contributed by atoms with Gasteiger partial charge in [-0.1, -0.05) is 24.6 Å². The van der Waals surface area contributed by atoms with Crippen LogP contribution in [-0.2, 0) is 6.54 Å². The summed E-state index contributed by atoms with van der Waals surface area (Å²) in [6, 6.07) is 10.4. The van der Waals surface area contributed by atoms with E-state index in [1.54, 1.807) is 13.3 Å². The van der Waals surface area contributed by atoms with Crippen LogP contribution in [0.25, 0.3) is 0 Å². The Balaban J connectivity index is 1.40. The highest BCUT2D eigenvalue weighted by Crippen LogP contribution is 2.41. The Morgan fingerprint density at radius 2 is 1.97 bits per heavy atom. The highest BCUT2D eigenvalue weighted by Gasteiger charge is 2.37. The van der Waals surface area contributed by atoms with Crippen molar-refractivity contribution in [3.63, 3.8) is 0 Å². The van der Waals surface area contributed by atoms with Crippen LogP contribution in [0.15, 0.2) is 30.5 Å². The van der Waals surface area contributed by atoms with Crippen LogP contribution in [0.3, 0.4) is 0 Å². The van der Waals surface area contributed by atoms with Crippen molar-refractivity contribution in [1.82, 2.24) is 9.97 Å². The number of methoxy groups -OCH3 is 1. The van der Waals surface area contributed by atoms with Gasteiger partial charge in [0.15, 0.2) is 0 Å². The fourth-order valence-electron chi connectivity index (χ4n) is 5.03. The van der Waals surface area contributed by atoms with E-state index in [0.29, 0.717) is 47.7 Å². The van der Waals surface area contributed by atoms with E-state index in [0.717, 1.165) is 30.7 Å². The first-order valence-electron chi connectivity index (χ1n) is 10.8. The van der Waals surface area contributed by atoms with Crippen molar-refractivity contribution < 1.29 is 4.74 Å². The fourth-order valence-corrected chi connectivity index (χ4v) is 5.03. The molecule has 7 heteroatoms. The van der Waals surface area contributed by atoms with Gasteiger partial charge in [0.05, 0.1) is 13.3 Å². The van der Waals surface area contributed by atoms with E-state index in [1.165, 1.54) is 19.3 Å². The summed E-state index contributed by atoms with van der Waals surface area (Å²) in [5, 5.41) is 16.1. The van der Waals surface area contributed by atoms with Crippen LogP contribution in [0.1, 0.15) is 43.2 Å². The van der Waals surface area contributed by atoms with Crippen LogP contribution in [0.2, 0.25) is 0 Å². The Labute approximate surface area is 178 Å². The van der Waals surface area contributed by atoms with Crippen molar-refractivity contribution in [2.24, 2.45) is 23.5 Å². The van der Waals surface area contributed by atoms with E-state index in [4.69, 9.17) is 10.5 Å². The van der Waals surface area contributed by atoms with Gasteiger partial charge in [-0.15, -0.1) is 0 Å². The van der Waals surface area contributed by atoms with Crippen molar-refractivity contribution in [3.8, 4) is 11.8 Å². The third-order valence-electron chi connectivity index (χ3n) is 6.61. The minimum absolute atomic E-state index is 0.370. The molecule has 0 aliphatic heterocycles. The van der Waals surface area contributed by atoms with Gasteiger partial charge in [0.2, 0.25) is 5.95 Å². The largest absolute Gasteiger partial charge is 0.496 e. The monoisotopic (exact) mass is 406 g/mol. The smallest absolute Gasteiger partial charge is 0.224 e. The first-order valence-corrected chi connectivity index (χ1v) is 10.8. The van der Waals surface area contributed by atoms with Gasteiger partial charge in [0.1, 0.15) is 23.2 Å². The Bertz CT molecular complexity index is 897. The summed E-state index contributed by atoms with van der Waals surface area (Å²) in [4.78, 5) is 8.85. The van der Waals surface area contributed by atoms with Crippen molar-refractivity contribution >= 4 is 11.8 Å². The minimum Gasteiger partial charge on any atom is -0.496 e. The number of hydrogen-bond acceptors (Lipinski definition) is 7. The lowest BCUT2D eigenvalue weighted by atomic mass is 9.65. The van der Waals surface area contributed by atoms with Crippen LogP contribution >= 0.6 is 0 Å². The normalized spacial score (nSPS) is 25.2. The molecule has 1 heterocycles. The van der Waals surface area contributed by atoms with Crippen LogP contribution in [0, 0.1) is 29.1 Å². The standard InChI is InChI=1S/C23H30N6O/c1-30-20-8-3-2-5-18(20)13-27-23-28-14-19(11-24)22(29-23)26-12-15-9-16-6-4-7-17(10-15)21(16)25/h2-3,5,8,14-17,21H,4,6-7,9-10,12-13,25H2,1H3,(H2,26,27,28,29)/t15?,16-,17+,21-. The predicted octanol–water partition coefficient (Wildman–Crippen LogP) is 3.53. The molecule has 0 spiro atoms. The maximum atomic E-state index is 9.47. The molecule has 4 rings (SSSR count). The second-order valence-electron chi connectivity index (χ2n) is 8.48. The number of aromatic nitrogens is 2. The van der Waals surface area contributed by atoms with Gasteiger partial charge in [-0.3, -0.25) is 0 Å². The summed E-state index contributed by atoms with van der Waals surface area (Å²) >= 11 is 0. The first-order chi connectivity index (χ1) is 14.7. The molecular formula is C23H30N6O. The van der Waals surface area contributed by atoms with Crippen molar-refractivity contribution in [2.45, 2.75) is 44.7 Å². The number of nitrogens with zero attached hydrogens (tertiary/aromatic N) is 3. The number of rotatable bonds is 7. The van der Waals surface area contributed by atoms with E-state index in [1.807, 2.05) is 24.3 Å². The molecule has 2 aromatic rings. The van der Waals surface area contributed by atoms with E-state index in [2.05, 4.69) is 26.7 Å². The number of benzene rings is 1. The SMILES string of the molecule is COc1ccccc1CNc1ncc(C#N)c(NCC2C[C@H]3CCC[C@@H](C2)[C@@H]3N)n1. The van der Waals surface area contributed by atoms with Gasteiger partial charge >= 0.3 is 0 Å². The third kappa shape index (κ3) is 4.49. The highest BCUT2D eigenvalue weighted by molar-refractivity contribution is 5.53. The molecule has 2 fully saturated rings. The topological polar surface area (TPSA) is 109 Å². The highest BCUT2D eigenvalue weighted by atomic mass is 16.5. The molecule has 2 aliphatic rings. The lowest BCUT2D eigenvalue weighted by molar-refractivity contribution is 0.112. The van der Waals surface area contributed by atoms with E-state index >= 15 is 0 Å². The zero-order chi connectivity index (χ0) is 20.9. The lowest BCUT2D eigenvalue weighted by Gasteiger charge is -2.44. The number of para-hydroxylation sites is 1. The number of nitrogens with one attached hydrogen (secondary N) is 2. The summed E-state index contributed by atoms with van der Waals surface area (Å²) in [7, 11) is 1.66. The minimum atomic E-state index is 0.370. The van der Waals surface area contributed by atoms with E-state index in [-0.39, 0.29) is 0 Å². The molecule has 1 aromatic carbocycles. The molecule has 0 radical (unpaired) electrons. The molecule has 1 unspecified atom stereocenters. The molecule has 2 aliphatic carbocycles. The molecule has 1 aromatic heterocycles.